The summed E-state index contributed by atoms with van der Waals surface area (Å²) in [5.74, 6) is 0.132. The first kappa shape index (κ1) is 13.8. The zero-order chi connectivity index (χ0) is 16.6. The molecule has 3 aliphatic rings. The molecule has 2 aromatic rings. The Kier molecular flexibility index (Phi) is 2.48. The van der Waals surface area contributed by atoms with E-state index in [1.165, 1.54) is 22.6 Å². The Morgan fingerprint density at radius 3 is 2.62 bits per heavy atom. The van der Waals surface area contributed by atoms with Gasteiger partial charge in [0.15, 0.2) is 5.78 Å². The summed E-state index contributed by atoms with van der Waals surface area (Å²) in [7, 11) is 2.16. The summed E-state index contributed by atoms with van der Waals surface area (Å²) in [5, 5.41) is 0. The van der Waals surface area contributed by atoms with Gasteiger partial charge in [-0.3, -0.25) is 4.79 Å². The van der Waals surface area contributed by atoms with Gasteiger partial charge >= 0.3 is 0 Å². The van der Waals surface area contributed by atoms with Crippen LogP contribution in [-0.2, 0) is 11.8 Å². The van der Waals surface area contributed by atoms with Gasteiger partial charge in [0.25, 0.3) is 0 Å². The van der Waals surface area contributed by atoms with Crippen molar-refractivity contribution in [3.63, 3.8) is 0 Å². The predicted molar refractivity (Wildman–Crippen MR) is 97.4 cm³/mol. The lowest BCUT2D eigenvalue weighted by Crippen LogP contribution is -2.36. The third-order valence-corrected chi connectivity index (χ3v) is 5.76. The van der Waals surface area contributed by atoms with Crippen LogP contribution < -0.4 is 9.80 Å². The van der Waals surface area contributed by atoms with E-state index < -0.39 is 0 Å². The highest BCUT2D eigenvalue weighted by atomic mass is 16.1. The summed E-state index contributed by atoms with van der Waals surface area (Å²) in [6.07, 6.45) is 5.02. The fourth-order valence-corrected chi connectivity index (χ4v) is 4.40. The largest absolute Gasteiger partial charge is 0.352 e. The fourth-order valence-electron chi connectivity index (χ4n) is 4.40. The maximum atomic E-state index is 12.4. The van der Waals surface area contributed by atoms with Crippen molar-refractivity contribution >= 4 is 22.8 Å². The number of hydrogen-bond acceptors (Lipinski definition) is 3. The van der Waals surface area contributed by atoms with E-state index in [0.717, 1.165) is 17.5 Å². The van der Waals surface area contributed by atoms with Crippen LogP contribution in [0.2, 0.25) is 0 Å². The van der Waals surface area contributed by atoms with Crippen molar-refractivity contribution in [3.8, 4) is 0 Å². The van der Waals surface area contributed by atoms with Gasteiger partial charge in [-0.25, -0.2) is 0 Å². The molecule has 3 nitrogen and oxygen atoms in total. The lowest BCUT2D eigenvalue weighted by Gasteiger charge is -2.29. The molecule has 0 spiro atoms. The molecule has 2 heterocycles. The van der Waals surface area contributed by atoms with Crippen molar-refractivity contribution in [1.82, 2.24) is 0 Å². The van der Waals surface area contributed by atoms with E-state index >= 15 is 0 Å². The number of carbonyl (C=O) groups excluding carboxylic acids is 1. The average Bonchev–Trinajstić information content (AvgIpc) is 3.07. The van der Waals surface area contributed by atoms with E-state index in [-0.39, 0.29) is 11.2 Å². The standard InChI is InChI=1S/C21H20N2O/c1-21(2)9-8-19(24)14-10-13-11-20-22(3)16-6-4-5-7-17(16)23(20)18(13)12-15(14)21/h4-10,12,20H,11H2,1-3H3. The zero-order valence-corrected chi connectivity index (χ0v) is 14.2. The third kappa shape index (κ3) is 1.59. The van der Waals surface area contributed by atoms with Crippen LogP contribution in [0.1, 0.15) is 35.3 Å². The molecule has 0 amide bonds. The lowest BCUT2D eigenvalue weighted by molar-refractivity contribution is 0.104. The van der Waals surface area contributed by atoms with E-state index in [2.05, 4.69) is 67.1 Å². The summed E-state index contributed by atoms with van der Waals surface area (Å²) in [4.78, 5) is 17.2. The normalized spacial score (nSPS) is 22.3. The highest BCUT2D eigenvalue weighted by molar-refractivity contribution is 6.08. The Morgan fingerprint density at radius 1 is 1.08 bits per heavy atom. The number of benzene rings is 2. The SMILES string of the molecule is CN1c2ccccc2N2c3cc4c(cc3CC12)C(=O)C=CC4(C)C. The number of allylic oxidation sites excluding steroid dienone is 2. The quantitative estimate of drug-likeness (QED) is 0.728. The number of anilines is 3. The zero-order valence-electron chi connectivity index (χ0n) is 14.2. The second-order valence-electron chi connectivity index (χ2n) is 7.60. The Balaban J connectivity index is 1.73. The van der Waals surface area contributed by atoms with Crippen molar-refractivity contribution in [1.29, 1.82) is 0 Å². The van der Waals surface area contributed by atoms with Crippen molar-refractivity contribution in [2.24, 2.45) is 0 Å². The molecule has 2 aromatic carbocycles. The van der Waals surface area contributed by atoms with Crippen molar-refractivity contribution in [3.05, 3.63) is 65.2 Å². The van der Waals surface area contributed by atoms with Crippen LogP contribution in [0.4, 0.5) is 17.1 Å². The smallest absolute Gasteiger partial charge is 0.185 e. The summed E-state index contributed by atoms with van der Waals surface area (Å²) < 4.78 is 0. The number of nitrogens with zero attached hydrogens (tertiary/aromatic N) is 2. The third-order valence-electron chi connectivity index (χ3n) is 5.76. The van der Waals surface area contributed by atoms with Gasteiger partial charge in [-0.05, 0) is 41.5 Å². The summed E-state index contributed by atoms with van der Waals surface area (Å²) in [6, 6.07) is 13.0. The lowest BCUT2D eigenvalue weighted by atomic mass is 9.76. The van der Waals surface area contributed by atoms with Gasteiger partial charge in [0.2, 0.25) is 0 Å². The molecule has 0 fully saturated rings. The van der Waals surface area contributed by atoms with Crippen LogP contribution in [0.25, 0.3) is 0 Å². The first-order chi connectivity index (χ1) is 11.5. The van der Waals surface area contributed by atoms with Crippen molar-refractivity contribution in [2.45, 2.75) is 31.8 Å². The molecule has 24 heavy (non-hydrogen) atoms. The predicted octanol–water partition coefficient (Wildman–Crippen LogP) is 4.19. The number of likely N-dealkylation sites (N-methyl/N-ethyl adjacent to an activating group) is 1. The molecule has 120 valence electrons. The maximum Gasteiger partial charge on any atom is 0.185 e. The molecule has 0 radical (unpaired) electrons. The summed E-state index contributed by atoms with van der Waals surface area (Å²) >= 11 is 0. The molecular weight excluding hydrogens is 296 g/mol. The molecule has 0 saturated heterocycles. The van der Waals surface area contributed by atoms with Crippen LogP contribution in [0, 0.1) is 0 Å². The minimum atomic E-state index is -0.110. The fraction of sp³-hybridized carbons (Fsp3) is 0.286. The second-order valence-corrected chi connectivity index (χ2v) is 7.60. The van der Waals surface area contributed by atoms with Gasteiger partial charge in [-0.15, -0.1) is 0 Å². The molecule has 0 saturated carbocycles. The summed E-state index contributed by atoms with van der Waals surface area (Å²) in [5.41, 5.74) is 6.98. The average molecular weight is 316 g/mol. The topological polar surface area (TPSA) is 23.6 Å². The van der Waals surface area contributed by atoms with Crippen LogP contribution >= 0.6 is 0 Å². The molecule has 3 heteroatoms. The molecule has 1 atom stereocenters. The van der Waals surface area contributed by atoms with E-state index in [1.54, 1.807) is 6.08 Å². The van der Waals surface area contributed by atoms with Gasteiger partial charge in [-0.1, -0.05) is 32.1 Å². The number of fused-ring (bicyclic) bond motifs is 6. The molecule has 1 aliphatic carbocycles. The minimum Gasteiger partial charge on any atom is -0.352 e. The Bertz CT molecular complexity index is 925. The van der Waals surface area contributed by atoms with Crippen molar-refractivity contribution in [2.75, 3.05) is 16.8 Å². The Labute approximate surface area is 142 Å². The molecule has 2 aliphatic heterocycles. The molecular formula is C21H20N2O. The number of rotatable bonds is 0. The maximum absolute atomic E-state index is 12.4. The van der Waals surface area contributed by atoms with E-state index in [0.29, 0.717) is 6.17 Å². The van der Waals surface area contributed by atoms with Crippen LogP contribution in [0.5, 0.6) is 0 Å². The Morgan fingerprint density at radius 2 is 1.83 bits per heavy atom. The molecule has 0 N–H and O–H groups in total. The van der Waals surface area contributed by atoms with E-state index in [9.17, 15) is 4.79 Å². The van der Waals surface area contributed by atoms with E-state index in [1.807, 2.05) is 6.08 Å². The highest BCUT2D eigenvalue weighted by Crippen LogP contribution is 2.51. The van der Waals surface area contributed by atoms with Gasteiger partial charge in [-0.2, -0.15) is 0 Å². The minimum absolute atomic E-state index is 0.110. The Hall–Kier alpha value is -2.55. The van der Waals surface area contributed by atoms with Crippen LogP contribution in [0.3, 0.4) is 0 Å². The molecule has 5 rings (SSSR count). The number of hydrogen-bond donors (Lipinski definition) is 0. The molecule has 0 aromatic heterocycles. The first-order valence-electron chi connectivity index (χ1n) is 8.49. The number of ketones is 1. The van der Waals surface area contributed by atoms with Gasteiger partial charge in [0, 0.05) is 30.1 Å². The van der Waals surface area contributed by atoms with Gasteiger partial charge in [0.1, 0.15) is 6.17 Å². The highest BCUT2D eigenvalue weighted by Gasteiger charge is 2.42. The molecule has 0 bridgehead atoms. The van der Waals surface area contributed by atoms with Crippen molar-refractivity contribution < 1.29 is 4.79 Å². The van der Waals surface area contributed by atoms with Gasteiger partial charge in [0.05, 0.1) is 11.4 Å². The number of carbonyl (C=O) groups is 1. The first-order valence-corrected chi connectivity index (χ1v) is 8.49. The summed E-state index contributed by atoms with van der Waals surface area (Å²) in [6.45, 7) is 4.36. The molecule has 1 unspecified atom stereocenters. The number of para-hydroxylation sites is 2. The second kappa shape index (κ2) is 4.29. The monoisotopic (exact) mass is 316 g/mol. The van der Waals surface area contributed by atoms with E-state index in [4.69, 9.17) is 0 Å². The van der Waals surface area contributed by atoms with Gasteiger partial charge < -0.3 is 9.80 Å². The van der Waals surface area contributed by atoms with Crippen LogP contribution in [-0.4, -0.2) is 19.0 Å². The van der Waals surface area contributed by atoms with Crippen LogP contribution in [0.15, 0.2) is 48.6 Å².